The van der Waals surface area contributed by atoms with E-state index in [9.17, 15) is 9.59 Å². The van der Waals surface area contributed by atoms with Crippen molar-refractivity contribution >= 4 is 11.7 Å². The molecule has 3 aliphatic carbocycles. The van der Waals surface area contributed by atoms with E-state index in [-0.39, 0.29) is 5.41 Å². The van der Waals surface area contributed by atoms with Crippen LogP contribution in [0.4, 0.5) is 0 Å². The number of piperidine rings is 1. The zero-order chi connectivity index (χ0) is 17.3. The van der Waals surface area contributed by atoms with Crippen LogP contribution in [0.5, 0.6) is 0 Å². The van der Waals surface area contributed by atoms with Gasteiger partial charge in [-0.3, -0.25) is 9.59 Å². The smallest absolute Gasteiger partial charge is 0.222 e. The van der Waals surface area contributed by atoms with E-state index in [1.54, 1.807) is 0 Å². The number of rotatable bonds is 1. The van der Waals surface area contributed by atoms with E-state index in [4.69, 9.17) is 0 Å². The summed E-state index contributed by atoms with van der Waals surface area (Å²) in [7, 11) is 2.03. The standard InChI is InChI=1S/C21H33NO2/c1-13(23)15-6-7-16-14-5-8-18-21(3,12-10-19(24)22(18)4)17(14)9-11-20(15,16)2/h14-18H,5-12H2,1-4H3/t14-,15+,16-,17-,18+,20+,21+/m0/s1. The molecular formula is C21H33NO2. The minimum atomic E-state index is 0.243. The minimum absolute atomic E-state index is 0.243. The molecule has 1 heterocycles. The van der Waals surface area contributed by atoms with E-state index in [2.05, 4.69) is 18.7 Å². The zero-order valence-corrected chi connectivity index (χ0v) is 15.8. The van der Waals surface area contributed by atoms with Gasteiger partial charge in [-0.25, -0.2) is 0 Å². The Morgan fingerprint density at radius 3 is 2.42 bits per heavy atom. The lowest BCUT2D eigenvalue weighted by atomic mass is 9.46. The summed E-state index contributed by atoms with van der Waals surface area (Å²) in [5.41, 5.74) is 0.536. The number of carbonyl (C=O) groups is 2. The van der Waals surface area contributed by atoms with E-state index in [1.807, 2.05) is 14.0 Å². The molecule has 1 saturated heterocycles. The Kier molecular flexibility index (Phi) is 3.68. The predicted molar refractivity (Wildman–Crippen MR) is 94.3 cm³/mol. The Labute approximate surface area is 146 Å². The molecule has 0 N–H and O–H groups in total. The summed E-state index contributed by atoms with van der Waals surface area (Å²) in [6, 6.07) is 0.439. The van der Waals surface area contributed by atoms with Crippen LogP contribution < -0.4 is 0 Å². The van der Waals surface area contributed by atoms with Crippen molar-refractivity contribution in [1.82, 2.24) is 4.90 Å². The van der Waals surface area contributed by atoms with E-state index >= 15 is 0 Å². The highest BCUT2D eigenvalue weighted by Crippen LogP contribution is 2.66. The van der Waals surface area contributed by atoms with Crippen molar-refractivity contribution in [3.63, 3.8) is 0 Å². The number of carbonyl (C=O) groups excluding carboxylic acids is 2. The summed E-state index contributed by atoms with van der Waals surface area (Å²) in [6.07, 6.45) is 9.05. The summed E-state index contributed by atoms with van der Waals surface area (Å²) in [6.45, 7) is 6.69. The number of hydrogen-bond acceptors (Lipinski definition) is 2. The first-order valence-corrected chi connectivity index (χ1v) is 10.0. The van der Waals surface area contributed by atoms with Crippen LogP contribution in [-0.2, 0) is 9.59 Å². The van der Waals surface area contributed by atoms with Gasteiger partial charge in [-0.1, -0.05) is 13.8 Å². The molecule has 0 spiro atoms. The fourth-order valence-corrected chi connectivity index (χ4v) is 7.82. The van der Waals surface area contributed by atoms with Crippen LogP contribution in [-0.4, -0.2) is 29.7 Å². The summed E-state index contributed by atoms with van der Waals surface area (Å²) < 4.78 is 0. The van der Waals surface area contributed by atoms with Gasteiger partial charge >= 0.3 is 0 Å². The van der Waals surface area contributed by atoms with Crippen molar-refractivity contribution in [1.29, 1.82) is 0 Å². The third-order valence-corrected chi connectivity index (χ3v) is 9.05. The quantitative estimate of drug-likeness (QED) is 0.727. The molecule has 7 atom stereocenters. The number of nitrogens with zero attached hydrogens (tertiary/aromatic N) is 1. The van der Waals surface area contributed by atoms with Crippen LogP contribution in [0, 0.1) is 34.5 Å². The van der Waals surface area contributed by atoms with Gasteiger partial charge in [0.2, 0.25) is 5.91 Å². The highest BCUT2D eigenvalue weighted by molar-refractivity contribution is 5.79. The normalized spacial score (nSPS) is 50.9. The third-order valence-electron chi connectivity index (χ3n) is 9.05. The van der Waals surface area contributed by atoms with Crippen molar-refractivity contribution in [3.8, 4) is 0 Å². The molecule has 0 aromatic carbocycles. The van der Waals surface area contributed by atoms with Gasteiger partial charge in [-0.2, -0.15) is 0 Å². The molecule has 4 aliphatic rings. The molecule has 24 heavy (non-hydrogen) atoms. The first kappa shape index (κ1) is 16.6. The lowest BCUT2D eigenvalue weighted by molar-refractivity contribution is -0.159. The van der Waals surface area contributed by atoms with Gasteiger partial charge in [0.25, 0.3) is 0 Å². The molecule has 0 bridgehead atoms. The van der Waals surface area contributed by atoms with Gasteiger partial charge in [0.15, 0.2) is 0 Å². The van der Waals surface area contributed by atoms with Crippen LogP contribution in [0.25, 0.3) is 0 Å². The van der Waals surface area contributed by atoms with E-state index in [0.717, 1.165) is 43.4 Å². The Morgan fingerprint density at radius 1 is 1.00 bits per heavy atom. The largest absolute Gasteiger partial charge is 0.342 e. The minimum Gasteiger partial charge on any atom is -0.342 e. The first-order chi connectivity index (χ1) is 11.3. The van der Waals surface area contributed by atoms with Crippen LogP contribution in [0.15, 0.2) is 0 Å². The maximum Gasteiger partial charge on any atom is 0.222 e. The van der Waals surface area contributed by atoms with Gasteiger partial charge in [-0.15, -0.1) is 0 Å². The van der Waals surface area contributed by atoms with Crippen molar-refractivity contribution in [2.75, 3.05) is 7.05 Å². The second-order valence-electron chi connectivity index (χ2n) is 9.77. The maximum atomic E-state index is 12.2. The highest BCUT2D eigenvalue weighted by atomic mass is 16.2. The second-order valence-corrected chi connectivity index (χ2v) is 9.77. The Balaban J connectivity index is 1.64. The average molecular weight is 332 g/mol. The van der Waals surface area contributed by atoms with Gasteiger partial charge in [-0.05, 0) is 80.5 Å². The molecule has 0 radical (unpaired) electrons. The van der Waals surface area contributed by atoms with Crippen LogP contribution >= 0.6 is 0 Å². The molecule has 3 nitrogen and oxygen atoms in total. The Hall–Kier alpha value is -0.860. The number of likely N-dealkylation sites (tertiary alicyclic amines) is 1. The molecule has 4 rings (SSSR count). The van der Waals surface area contributed by atoms with Crippen molar-refractivity contribution < 1.29 is 9.59 Å². The van der Waals surface area contributed by atoms with Gasteiger partial charge in [0.05, 0.1) is 0 Å². The molecule has 134 valence electrons. The zero-order valence-electron chi connectivity index (χ0n) is 15.8. The number of amides is 1. The molecule has 3 saturated carbocycles. The van der Waals surface area contributed by atoms with Crippen LogP contribution in [0.3, 0.4) is 0 Å². The Bertz CT molecular complexity index is 572. The topological polar surface area (TPSA) is 37.4 Å². The molecular weight excluding hydrogens is 298 g/mol. The van der Waals surface area contributed by atoms with Crippen molar-refractivity contribution in [2.24, 2.45) is 34.5 Å². The SMILES string of the molecule is CC(=O)[C@H]1CC[C@H]2[C@@H]3CC[C@H]4N(C)C(=O)CC[C@]4(C)[C@H]3CC[C@]12C. The van der Waals surface area contributed by atoms with E-state index in [0.29, 0.717) is 29.1 Å². The summed E-state index contributed by atoms with van der Waals surface area (Å²) in [5.74, 6) is 3.30. The number of ketones is 1. The molecule has 4 fully saturated rings. The molecule has 0 unspecified atom stereocenters. The van der Waals surface area contributed by atoms with Crippen molar-refractivity contribution in [2.45, 2.75) is 78.2 Å². The summed E-state index contributed by atoms with van der Waals surface area (Å²) in [5, 5.41) is 0. The fraction of sp³-hybridized carbons (Fsp3) is 0.905. The number of Topliss-reactive ketones (excluding diaryl/α,β-unsaturated/α-hetero) is 1. The third kappa shape index (κ3) is 2.02. The lowest BCUT2D eigenvalue weighted by Crippen LogP contribution is -2.61. The van der Waals surface area contributed by atoms with Gasteiger partial charge < -0.3 is 4.90 Å². The molecule has 0 aromatic rings. The van der Waals surface area contributed by atoms with Gasteiger partial charge in [0.1, 0.15) is 5.78 Å². The highest BCUT2D eigenvalue weighted by Gasteiger charge is 2.61. The van der Waals surface area contributed by atoms with Crippen LogP contribution in [0.2, 0.25) is 0 Å². The number of fused-ring (bicyclic) bond motifs is 5. The second kappa shape index (κ2) is 5.32. The molecule has 0 aromatic heterocycles. The lowest BCUT2D eigenvalue weighted by Gasteiger charge is -2.61. The van der Waals surface area contributed by atoms with E-state index in [1.165, 1.54) is 25.7 Å². The molecule has 3 heteroatoms. The Morgan fingerprint density at radius 2 is 1.71 bits per heavy atom. The number of hydrogen-bond donors (Lipinski definition) is 0. The molecule has 1 aliphatic heterocycles. The first-order valence-electron chi connectivity index (χ1n) is 10.0. The predicted octanol–water partition coefficient (Wildman–Crippen LogP) is 4.06. The van der Waals surface area contributed by atoms with Gasteiger partial charge in [0, 0.05) is 25.4 Å². The maximum absolute atomic E-state index is 12.2. The summed E-state index contributed by atoms with van der Waals surface area (Å²) in [4.78, 5) is 26.5. The average Bonchev–Trinajstić information content (AvgIpc) is 2.89. The molecule has 1 amide bonds. The monoisotopic (exact) mass is 331 g/mol. The fourth-order valence-electron chi connectivity index (χ4n) is 7.82. The van der Waals surface area contributed by atoms with E-state index < -0.39 is 0 Å². The van der Waals surface area contributed by atoms with Crippen molar-refractivity contribution in [3.05, 3.63) is 0 Å². The summed E-state index contributed by atoms with van der Waals surface area (Å²) >= 11 is 0. The van der Waals surface area contributed by atoms with Crippen LogP contribution in [0.1, 0.15) is 72.1 Å².